The number of rotatable bonds is 44. The maximum Gasteiger partial charge on any atom is 0.186 e. The summed E-state index contributed by atoms with van der Waals surface area (Å²) in [5.74, 6) is 0. The van der Waals surface area contributed by atoms with E-state index in [9.17, 15) is 30.6 Å². The van der Waals surface area contributed by atoms with Gasteiger partial charge in [0.05, 0.1) is 30.3 Å². The quantitative estimate of drug-likeness (QED) is 0.0233. The molecule has 1 rings (SSSR count). The Morgan fingerprint density at radius 1 is 0.517 bits per heavy atom. The zero-order valence-corrected chi connectivity index (χ0v) is 39.9. The van der Waals surface area contributed by atoms with Crippen molar-refractivity contribution in [1.82, 2.24) is 5.32 Å². The van der Waals surface area contributed by atoms with Crippen LogP contribution in [0, 0.1) is 0 Å². The van der Waals surface area contributed by atoms with E-state index in [0.29, 0.717) is 17.8 Å². The van der Waals surface area contributed by atoms with Gasteiger partial charge in [0, 0.05) is 0 Å². The molecule has 1 aliphatic rings. The van der Waals surface area contributed by atoms with Gasteiger partial charge in [0.25, 0.3) is 0 Å². The Morgan fingerprint density at radius 3 is 1.23 bits per heavy atom. The lowest BCUT2D eigenvalue weighted by atomic mass is 9.98. The Kier molecular flexibility index (Phi) is 39.6. The smallest absolute Gasteiger partial charge is 0.186 e. The summed E-state index contributed by atoms with van der Waals surface area (Å²) in [7, 11) is 0. The maximum atomic E-state index is 11.3. The van der Waals surface area contributed by atoms with Crippen molar-refractivity contribution < 1.29 is 40.1 Å². The highest BCUT2D eigenvalue weighted by Gasteiger charge is 2.44. The zero-order chi connectivity index (χ0) is 43.9. The molecule has 9 nitrogen and oxygen atoms in total. The predicted molar refractivity (Wildman–Crippen MR) is 253 cm³/mol. The van der Waals surface area contributed by atoms with Gasteiger partial charge in [-0.25, -0.2) is 0 Å². The molecular weight excluding hydrogens is 775 g/mol. The van der Waals surface area contributed by atoms with Crippen molar-refractivity contribution in [3.8, 4) is 0 Å². The molecule has 0 aromatic rings. The van der Waals surface area contributed by atoms with Crippen molar-refractivity contribution in [3.05, 3.63) is 0 Å². The molecule has 10 heteroatoms. The van der Waals surface area contributed by atoms with Crippen LogP contribution in [0.1, 0.15) is 251 Å². The lowest BCUT2D eigenvalue weighted by molar-refractivity contribution is -0.303. The summed E-state index contributed by atoms with van der Waals surface area (Å²) in [6.45, 7) is 3.81. The van der Waals surface area contributed by atoms with Crippen LogP contribution in [0.25, 0.3) is 0 Å². The summed E-state index contributed by atoms with van der Waals surface area (Å²) < 4.78 is 11.3. The Labute approximate surface area is 375 Å². The van der Waals surface area contributed by atoms with Gasteiger partial charge in [-0.2, -0.15) is 0 Å². The molecule has 1 aliphatic heterocycles. The monoisotopic (exact) mass is 874 g/mol. The highest BCUT2D eigenvalue weighted by atomic mass is 32.1. The Hall–Kier alpha value is -0.430. The molecule has 0 spiro atoms. The first-order valence-electron chi connectivity index (χ1n) is 25.8. The molecule has 1 saturated heterocycles. The number of aliphatic hydroxyl groups is 6. The van der Waals surface area contributed by atoms with Crippen molar-refractivity contribution in [2.75, 3.05) is 13.2 Å². The number of hydrogen-bond acceptors (Lipinski definition) is 9. The lowest BCUT2D eigenvalue weighted by Crippen LogP contribution is -2.60. The third-order valence-corrected chi connectivity index (χ3v) is 13.1. The van der Waals surface area contributed by atoms with Crippen LogP contribution < -0.4 is 5.32 Å². The van der Waals surface area contributed by atoms with Crippen LogP contribution in [0.2, 0.25) is 0 Å². The molecular formula is C50H99NO8S. The molecule has 358 valence electrons. The Bertz CT molecular complexity index is 931. The standard InChI is InChI=1S/C50H99NO8S/c1-3-5-7-9-11-13-15-17-18-19-20-21-22-23-24-25-26-27-29-31-33-35-37-39-45(60)51-42(41-58-50-49(57)48(56)47(55)44(40-52)59-50)46(54)43(53)38-36-34-32-30-28-16-14-12-10-8-6-4-2/h42-44,46-50,52-57H,3-41H2,1-2H3,(H,51,60)/t42-,43+,44?,46-,47?,48?,49?,50?/m0/s1. The Morgan fingerprint density at radius 2 is 0.867 bits per heavy atom. The van der Waals surface area contributed by atoms with Gasteiger partial charge in [0.2, 0.25) is 0 Å². The maximum absolute atomic E-state index is 11.3. The number of nitrogens with one attached hydrogen (secondary N) is 1. The second kappa shape index (κ2) is 41.3. The first-order chi connectivity index (χ1) is 29.3. The molecule has 7 N–H and O–H groups in total. The minimum atomic E-state index is -1.56. The second-order valence-corrected chi connectivity index (χ2v) is 19.0. The van der Waals surface area contributed by atoms with E-state index >= 15 is 0 Å². The summed E-state index contributed by atoms with van der Waals surface area (Å²) in [6.07, 6.45) is 37.5. The molecule has 0 bridgehead atoms. The number of ether oxygens (including phenoxy) is 2. The summed E-state index contributed by atoms with van der Waals surface area (Å²) >= 11 is 5.68. The van der Waals surface area contributed by atoms with Gasteiger partial charge in [0.1, 0.15) is 30.5 Å². The van der Waals surface area contributed by atoms with Crippen LogP contribution in [0.5, 0.6) is 0 Å². The van der Waals surface area contributed by atoms with Gasteiger partial charge >= 0.3 is 0 Å². The fraction of sp³-hybridized carbons (Fsp3) is 0.980. The van der Waals surface area contributed by atoms with Gasteiger partial charge in [-0.3, -0.25) is 0 Å². The number of thiocarbonyl (C=S) groups is 1. The van der Waals surface area contributed by atoms with Crippen LogP contribution in [0.15, 0.2) is 0 Å². The van der Waals surface area contributed by atoms with Crippen LogP contribution in [0.3, 0.4) is 0 Å². The van der Waals surface area contributed by atoms with Gasteiger partial charge in [-0.05, 0) is 19.3 Å². The average Bonchev–Trinajstić information content (AvgIpc) is 3.25. The van der Waals surface area contributed by atoms with Gasteiger partial charge < -0.3 is 45.4 Å². The molecule has 5 unspecified atom stereocenters. The number of aliphatic hydroxyl groups excluding tert-OH is 6. The van der Waals surface area contributed by atoms with Crippen LogP contribution in [-0.2, 0) is 9.47 Å². The van der Waals surface area contributed by atoms with Gasteiger partial charge in [-0.15, -0.1) is 0 Å². The normalized spacial score (nSPS) is 21.0. The summed E-state index contributed by atoms with van der Waals surface area (Å²) in [6, 6.07) is -0.776. The van der Waals surface area contributed by atoms with Crippen LogP contribution in [-0.4, -0.2) is 97.8 Å². The summed E-state index contributed by atoms with van der Waals surface area (Å²) in [4.78, 5) is 0.581. The Balaban J connectivity index is 2.26. The van der Waals surface area contributed by atoms with E-state index in [1.165, 1.54) is 193 Å². The van der Waals surface area contributed by atoms with E-state index in [1.807, 2.05) is 0 Å². The molecule has 8 atom stereocenters. The van der Waals surface area contributed by atoms with Crippen molar-refractivity contribution in [1.29, 1.82) is 0 Å². The largest absolute Gasteiger partial charge is 0.394 e. The summed E-state index contributed by atoms with van der Waals surface area (Å²) in [5, 5.41) is 65.9. The van der Waals surface area contributed by atoms with E-state index in [0.717, 1.165) is 32.1 Å². The molecule has 0 radical (unpaired) electrons. The highest BCUT2D eigenvalue weighted by molar-refractivity contribution is 7.80. The van der Waals surface area contributed by atoms with Crippen molar-refractivity contribution in [2.24, 2.45) is 0 Å². The SMILES string of the molecule is CCCCCCCCCCCCCCCCCCCCCCCCCC(=S)N[C@@H](COC1OC(CO)C(O)C(O)C1O)[C@H](O)[C@H](O)CCCCCCCCCCCCCC. The second-order valence-electron chi connectivity index (χ2n) is 18.5. The molecule has 0 aliphatic carbocycles. The van der Waals surface area contributed by atoms with Gasteiger partial charge in [0.15, 0.2) is 6.29 Å². The summed E-state index contributed by atoms with van der Waals surface area (Å²) in [5.41, 5.74) is 0. The lowest BCUT2D eigenvalue weighted by Gasteiger charge is -2.40. The predicted octanol–water partition coefficient (Wildman–Crippen LogP) is 11.3. The highest BCUT2D eigenvalue weighted by Crippen LogP contribution is 2.23. The number of unbranched alkanes of at least 4 members (excludes halogenated alkanes) is 33. The van der Waals surface area contributed by atoms with Crippen molar-refractivity contribution in [3.63, 3.8) is 0 Å². The van der Waals surface area contributed by atoms with Crippen LogP contribution >= 0.6 is 12.2 Å². The number of hydrogen-bond donors (Lipinski definition) is 7. The van der Waals surface area contributed by atoms with Crippen LogP contribution in [0.4, 0.5) is 0 Å². The van der Waals surface area contributed by atoms with Crippen molar-refractivity contribution >= 4 is 17.2 Å². The molecule has 0 amide bonds. The third-order valence-electron chi connectivity index (χ3n) is 12.8. The molecule has 1 heterocycles. The van der Waals surface area contributed by atoms with Gasteiger partial charge in [-0.1, -0.05) is 244 Å². The zero-order valence-electron chi connectivity index (χ0n) is 39.1. The fourth-order valence-electron chi connectivity index (χ4n) is 8.61. The first-order valence-corrected chi connectivity index (χ1v) is 26.2. The van der Waals surface area contributed by atoms with Crippen molar-refractivity contribution in [2.45, 2.75) is 300 Å². The van der Waals surface area contributed by atoms with E-state index in [-0.39, 0.29) is 6.61 Å². The van der Waals surface area contributed by atoms with E-state index in [2.05, 4.69) is 19.2 Å². The molecule has 60 heavy (non-hydrogen) atoms. The van der Waals surface area contributed by atoms with E-state index < -0.39 is 55.6 Å². The van der Waals surface area contributed by atoms with E-state index in [1.54, 1.807) is 0 Å². The molecule has 1 fully saturated rings. The average molecular weight is 874 g/mol. The first kappa shape index (κ1) is 57.6. The van der Waals surface area contributed by atoms with E-state index in [4.69, 9.17) is 21.7 Å². The minimum Gasteiger partial charge on any atom is -0.394 e. The molecule has 0 saturated carbocycles. The molecule has 0 aromatic heterocycles. The topological polar surface area (TPSA) is 152 Å². The molecule has 0 aromatic carbocycles. The fourth-order valence-corrected chi connectivity index (χ4v) is 8.91. The third kappa shape index (κ3) is 30.6. The minimum absolute atomic E-state index is 0.168.